The predicted octanol–water partition coefficient (Wildman–Crippen LogP) is 1.12. The Bertz CT molecular complexity index is 712. The van der Waals surface area contributed by atoms with Crippen molar-refractivity contribution in [2.75, 3.05) is 13.7 Å². The molecule has 10 nitrogen and oxygen atoms in total. The van der Waals surface area contributed by atoms with Crippen LogP contribution in [0.4, 0.5) is 0 Å². The lowest BCUT2D eigenvalue weighted by molar-refractivity contribution is -0.118. The number of rotatable bonds is 9. The molecule has 0 amide bonds. The Morgan fingerprint density at radius 2 is 1.92 bits per heavy atom. The molecule has 0 radical (unpaired) electrons. The van der Waals surface area contributed by atoms with E-state index < -0.39 is 36.9 Å². The molecule has 0 heterocycles. The van der Waals surface area contributed by atoms with Crippen molar-refractivity contribution in [3.63, 3.8) is 0 Å². The molecule has 0 aliphatic heterocycles. The molecule has 1 aromatic carbocycles. The van der Waals surface area contributed by atoms with E-state index in [9.17, 15) is 24.9 Å². The maximum atomic E-state index is 12.2. The number of carbonyl (C=O) groups excluding carboxylic acids is 2. The number of ether oxygens (including phenoxy) is 2. The minimum absolute atomic E-state index is 0.0179. The third kappa shape index (κ3) is 5.21. The smallest absolute Gasteiger partial charge is 0.343 e. The first kappa shape index (κ1) is 22.0. The first-order valence-electron chi connectivity index (χ1n) is 7.01. The van der Waals surface area contributed by atoms with Gasteiger partial charge in [0.25, 0.3) is 0 Å². The second kappa shape index (κ2) is 10.2. The number of aliphatic hydroxyl groups excluding tert-OH is 3. The average molecular weight is 408 g/mol. The van der Waals surface area contributed by atoms with E-state index in [1.165, 1.54) is 19.2 Å². The molecule has 0 unspecified atom stereocenters. The predicted molar refractivity (Wildman–Crippen MR) is 90.3 cm³/mol. The van der Waals surface area contributed by atoms with Crippen LogP contribution in [0.15, 0.2) is 17.2 Å². The molecule has 0 fully saturated rings. The molecule has 26 heavy (non-hydrogen) atoms. The van der Waals surface area contributed by atoms with E-state index in [2.05, 4.69) is 10.0 Å². The Balaban J connectivity index is 2.83. The number of halogens is 2. The maximum Gasteiger partial charge on any atom is 0.343 e. The largest absolute Gasteiger partial charge is 0.494 e. The highest BCUT2D eigenvalue weighted by Crippen LogP contribution is 2.34. The van der Waals surface area contributed by atoms with Gasteiger partial charge in [0, 0.05) is 4.91 Å². The van der Waals surface area contributed by atoms with Crippen molar-refractivity contribution in [2.24, 2.45) is 5.11 Å². The zero-order valence-corrected chi connectivity index (χ0v) is 14.8. The van der Waals surface area contributed by atoms with Crippen molar-refractivity contribution in [1.29, 1.82) is 0 Å². The highest BCUT2D eigenvalue weighted by molar-refractivity contribution is 6.37. The molecule has 3 N–H and O–H groups in total. The molecule has 0 aliphatic carbocycles. The molecular formula is C14H15Cl2N3O7. The number of hydrogen-bond acceptors (Lipinski definition) is 8. The summed E-state index contributed by atoms with van der Waals surface area (Å²) in [5.74, 6) is -1.04. The SMILES string of the molecule is COc1c(Cl)ccc(Cl)c1C(=O)OC[C@@H](O)[C@@H](O)[C@H](O)[C@H](C=O)N=[N+]=[N-]. The van der Waals surface area contributed by atoms with Gasteiger partial charge in [-0.1, -0.05) is 28.3 Å². The fraction of sp³-hybridized carbons (Fsp3) is 0.429. The number of methoxy groups -OCH3 is 1. The second-order valence-corrected chi connectivity index (χ2v) is 5.73. The van der Waals surface area contributed by atoms with Crippen LogP contribution in [0.25, 0.3) is 10.4 Å². The van der Waals surface area contributed by atoms with Crippen LogP contribution >= 0.6 is 23.2 Å². The van der Waals surface area contributed by atoms with Gasteiger partial charge in [-0.15, -0.1) is 0 Å². The van der Waals surface area contributed by atoms with Gasteiger partial charge in [-0.05, 0) is 17.7 Å². The number of hydrogen-bond donors (Lipinski definition) is 3. The van der Waals surface area contributed by atoms with E-state index >= 15 is 0 Å². The third-order valence-corrected chi connectivity index (χ3v) is 3.88. The van der Waals surface area contributed by atoms with Gasteiger partial charge in [0.2, 0.25) is 0 Å². The number of carbonyl (C=O) groups is 2. The molecule has 0 bridgehead atoms. The monoisotopic (exact) mass is 407 g/mol. The first-order valence-corrected chi connectivity index (χ1v) is 7.76. The number of esters is 1. The third-order valence-electron chi connectivity index (χ3n) is 3.27. The summed E-state index contributed by atoms with van der Waals surface area (Å²) in [5.41, 5.74) is 8.09. The summed E-state index contributed by atoms with van der Waals surface area (Å²) in [6, 6.07) is 1.12. The van der Waals surface area contributed by atoms with Gasteiger partial charge < -0.3 is 29.6 Å². The highest BCUT2D eigenvalue weighted by atomic mass is 35.5. The summed E-state index contributed by atoms with van der Waals surface area (Å²) in [6.07, 6.45) is -5.51. The van der Waals surface area contributed by atoms with Gasteiger partial charge in [-0.2, -0.15) is 0 Å². The van der Waals surface area contributed by atoms with E-state index in [4.69, 9.17) is 38.2 Å². The zero-order valence-electron chi connectivity index (χ0n) is 13.3. The molecule has 1 rings (SSSR count). The van der Waals surface area contributed by atoms with Crippen molar-refractivity contribution in [3.8, 4) is 5.75 Å². The molecule has 0 aliphatic rings. The topological polar surface area (TPSA) is 162 Å². The van der Waals surface area contributed by atoms with Crippen molar-refractivity contribution in [2.45, 2.75) is 24.4 Å². The van der Waals surface area contributed by atoms with Crippen molar-refractivity contribution < 1.29 is 34.4 Å². The van der Waals surface area contributed by atoms with E-state index in [1.54, 1.807) is 0 Å². The summed E-state index contributed by atoms with van der Waals surface area (Å²) in [6.45, 7) is -0.759. The fourth-order valence-electron chi connectivity index (χ4n) is 1.92. The Morgan fingerprint density at radius 3 is 2.46 bits per heavy atom. The number of aldehydes is 1. The summed E-state index contributed by atoms with van der Waals surface area (Å²) >= 11 is 11.8. The molecule has 12 heteroatoms. The lowest BCUT2D eigenvalue weighted by Gasteiger charge is -2.24. The molecule has 0 spiro atoms. The van der Waals surface area contributed by atoms with E-state index in [0.29, 0.717) is 0 Å². The van der Waals surface area contributed by atoms with Gasteiger partial charge >= 0.3 is 5.97 Å². The van der Waals surface area contributed by atoms with Gasteiger partial charge in [-0.3, -0.25) is 0 Å². The Hall–Kier alpha value is -2.07. The average Bonchev–Trinajstić information content (AvgIpc) is 2.64. The summed E-state index contributed by atoms with van der Waals surface area (Å²) in [7, 11) is 1.26. The van der Waals surface area contributed by atoms with E-state index in [-0.39, 0.29) is 27.6 Å². The minimum Gasteiger partial charge on any atom is -0.494 e. The summed E-state index contributed by atoms with van der Waals surface area (Å²) in [5, 5.41) is 32.4. The lowest BCUT2D eigenvalue weighted by Crippen LogP contribution is -2.46. The van der Waals surface area contributed by atoms with Gasteiger partial charge in [0.05, 0.1) is 23.3 Å². The molecule has 0 saturated heterocycles. The number of azide groups is 1. The molecule has 1 aromatic rings. The standard InChI is InChI=1S/C14H15Cl2N3O7/c1-25-13-7(16)3-2-6(15)10(13)14(24)26-5-9(21)12(23)11(22)8(4-20)18-19-17/h2-4,8-9,11-12,21-23H,5H2,1H3/t8-,9+,11+,12+/m0/s1. The van der Waals surface area contributed by atoms with Crippen LogP contribution in [0.2, 0.25) is 10.0 Å². The van der Waals surface area contributed by atoms with Crippen LogP contribution < -0.4 is 4.74 Å². The molecule has 142 valence electrons. The quantitative estimate of drug-likeness (QED) is 0.181. The van der Waals surface area contributed by atoms with E-state index in [1.807, 2.05) is 0 Å². The van der Waals surface area contributed by atoms with Crippen LogP contribution in [0.3, 0.4) is 0 Å². The fourth-order valence-corrected chi connectivity index (χ4v) is 2.38. The molecule has 0 saturated carbocycles. The van der Waals surface area contributed by atoms with Crippen molar-refractivity contribution in [1.82, 2.24) is 0 Å². The molecule has 4 atom stereocenters. The van der Waals surface area contributed by atoms with Gasteiger partial charge in [0.1, 0.15) is 36.7 Å². The maximum absolute atomic E-state index is 12.2. The van der Waals surface area contributed by atoms with Crippen LogP contribution in [-0.2, 0) is 9.53 Å². The molecular weight excluding hydrogens is 393 g/mol. The number of nitrogens with zero attached hydrogens (tertiary/aromatic N) is 3. The van der Waals surface area contributed by atoms with Crippen molar-refractivity contribution >= 4 is 35.5 Å². The van der Waals surface area contributed by atoms with Crippen LogP contribution in [0.5, 0.6) is 5.75 Å². The highest BCUT2D eigenvalue weighted by Gasteiger charge is 2.32. The minimum atomic E-state index is -1.93. The van der Waals surface area contributed by atoms with Crippen LogP contribution in [0, 0.1) is 0 Å². The Morgan fingerprint density at radius 1 is 1.31 bits per heavy atom. The first-order chi connectivity index (χ1) is 12.3. The van der Waals surface area contributed by atoms with Crippen LogP contribution in [0.1, 0.15) is 10.4 Å². The summed E-state index contributed by atoms with van der Waals surface area (Å²) < 4.78 is 9.83. The van der Waals surface area contributed by atoms with Gasteiger partial charge in [-0.25, -0.2) is 4.79 Å². The molecule has 0 aromatic heterocycles. The number of aliphatic hydroxyl groups is 3. The summed E-state index contributed by atoms with van der Waals surface area (Å²) in [4.78, 5) is 25.2. The zero-order chi connectivity index (χ0) is 19.9. The Kier molecular flexibility index (Phi) is 8.59. The van der Waals surface area contributed by atoms with Crippen molar-refractivity contribution in [3.05, 3.63) is 38.2 Å². The number of benzene rings is 1. The lowest BCUT2D eigenvalue weighted by atomic mass is 10.0. The normalized spacial score (nSPS) is 15.2. The van der Waals surface area contributed by atoms with E-state index in [0.717, 1.165) is 0 Å². The second-order valence-electron chi connectivity index (χ2n) is 4.92. The van der Waals surface area contributed by atoms with Crippen LogP contribution in [-0.4, -0.2) is 65.6 Å². The Labute approximate surface area is 157 Å². The van der Waals surface area contributed by atoms with Gasteiger partial charge in [0.15, 0.2) is 5.75 Å².